The van der Waals surface area contributed by atoms with Crippen LogP contribution in [0, 0.1) is 0 Å². The second-order valence-corrected chi connectivity index (χ2v) is 10.9. The molecule has 0 saturated heterocycles. The number of thiazole rings is 1. The Labute approximate surface area is 216 Å². The van der Waals surface area contributed by atoms with E-state index in [-0.39, 0.29) is 11.7 Å². The highest BCUT2D eigenvalue weighted by Gasteiger charge is 2.19. The van der Waals surface area contributed by atoms with Crippen LogP contribution in [0.15, 0.2) is 90.3 Å². The van der Waals surface area contributed by atoms with Crippen molar-refractivity contribution in [2.45, 2.75) is 12.5 Å². The minimum absolute atomic E-state index is 0.198. The summed E-state index contributed by atoms with van der Waals surface area (Å²) in [5.41, 5.74) is 4.16. The number of anilines is 2. The molecular formula is C25H21N5O3S3. The highest BCUT2D eigenvalue weighted by Crippen LogP contribution is 2.32. The van der Waals surface area contributed by atoms with Crippen molar-refractivity contribution >= 4 is 43.8 Å². The van der Waals surface area contributed by atoms with E-state index in [0.717, 1.165) is 32.4 Å². The third-order valence-electron chi connectivity index (χ3n) is 5.28. The zero-order valence-electron chi connectivity index (χ0n) is 18.8. The molecule has 8 nitrogen and oxygen atoms in total. The molecule has 0 fully saturated rings. The number of nitrogens with one attached hydrogen (secondary N) is 2. The van der Waals surface area contributed by atoms with Crippen LogP contribution in [0.4, 0.5) is 10.8 Å². The Hall–Kier alpha value is -3.64. The molecule has 11 heteroatoms. The summed E-state index contributed by atoms with van der Waals surface area (Å²) in [5, 5.41) is 16.6. The first-order valence-corrected chi connectivity index (χ1v) is 14.1. The Morgan fingerprint density at radius 2 is 1.47 bits per heavy atom. The summed E-state index contributed by atoms with van der Waals surface area (Å²) in [6, 6.07) is 26.5. The van der Waals surface area contributed by atoms with Crippen LogP contribution in [0.3, 0.4) is 0 Å². The zero-order chi connectivity index (χ0) is 25.0. The van der Waals surface area contributed by atoms with Gasteiger partial charge in [-0.3, -0.25) is 9.27 Å². The Bertz CT molecular complexity index is 1540. The molecule has 5 rings (SSSR count). The van der Waals surface area contributed by atoms with Gasteiger partial charge in [0.05, 0.1) is 17.4 Å². The third-order valence-corrected chi connectivity index (χ3v) is 7.59. The average Bonchev–Trinajstić information content (AvgIpc) is 3.55. The number of rotatable bonds is 9. The van der Waals surface area contributed by atoms with Crippen LogP contribution in [0.25, 0.3) is 21.1 Å². The first-order valence-electron chi connectivity index (χ1n) is 10.9. The van der Waals surface area contributed by atoms with Crippen LogP contribution < -0.4 is 10.0 Å². The van der Waals surface area contributed by atoms with Gasteiger partial charge in [0.15, 0.2) is 0 Å². The van der Waals surface area contributed by atoms with Crippen molar-refractivity contribution in [3.8, 4) is 21.1 Å². The molecule has 0 radical (unpaired) electrons. The monoisotopic (exact) mass is 535 g/mol. The van der Waals surface area contributed by atoms with Gasteiger partial charge in [0.1, 0.15) is 10.0 Å². The molecule has 36 heavy (non-hydrogen) atoms. The van der Waals surface area contributed by atoms with Gasteiger partial charge in [-0.2, -0.15) is 8.42 Å². The largest absolute Gasteiger partial charge is 0.357 e. The SMILES string of the molecule is O=S(=O)(O)Nc1ccc(C[C@H](Nc2nnc(-c3ccccc3)s2)c2csc(-c3ccccc3)n2)cc1. The van der Waals surface area contributed by atoms with Gasteiger partial charge in [0.2, 0.25) is 5.13 Å². The lowest BCUT2D eigenvalue weighted by Gasteiger charge is -2.16. The van der Waals surface area contributed by atoms with E-state index in [9.17, 15) is 8.42 Å². The van der Waals surface area contributed by atoms with Crippen LogP contribution in [0.2, 0.25) is 0 Å². The number of hydrogen-bond acceptors (Lipinski definition) is 8. The molecule has 2 aromatic heterocycles. The topological polar surface area (TPSA) is 117 Å². The molecule has 0 amide bonds. The molecule has 0 unspecified atom stereocenters. The quantitative estimate of drug-likeness (QED) is 0.200. The van der Waals surface area contributed by atoms with Gasteiger partial charge >= 0.3 is 10.3 Å². The summed E-state index contributed by atoms with van der Waals surface area (Å²) in [4.78, 5) is 4.89. The fourth-order valence-electron chi connectivity index (χ4n) is 3.61. The average molecular weight is 536 g/mol. The van der Waals surface area contributed by atoms with Gasteiger partial charge in [-0.25, -0.2) is 4.98 Å². The lowest BCUT2D eigenvalue weighted by atomic mass is 10.0. The summed E-state index contributed by atoms with van der Waals surface area (Å²) in [7, 11) is -4.33. The predicted molar refractivity (Wildman–Crippen MR) is 145 cm³/mol. The second kappa shape index (κ2) is 10.5. The van der Waals surface area contributed by atoms with Crippen LogP contribution in [-0.4, -0.2) is 28.2 Å². The van der Waals surface area contributed by atoms with E-state index in [4.69, 9.17) is 9.54 Å². The fourth-order valence-corrected chi connectivity index (χ4v) is 5.73. The van der Waals surface area contributed by atoms with Crippen molar-refractivity contribution in [1.82, 2.24) is 15.2 Å². The minimum Gasteiger partial charge on any atom is -0.351 e. The van der Waals surface area contributed by atoms with Crippen molar-refractivity contribution in [3.63, 3.8) is 0 Å². The first kappa shape index (κ1) is 24.1. The molecule has 3 aromatic carbocycles. The molecule has 0 aliphatic carbocycles. The molecule has 1 atom stereocenters. The summed E-state index contributed by atoms with van der Waals surface area (Å²) >= 11 is 3.04. The van der Waals surface area contributed by atoms with Crippen molar-refractivity contribution in [2.75, 3.05) is 10.0 Å². The van der Waals surface area contributed by atoms with Gasteiger partial charge < -0.3 is 5.32 Å². The number of aromatic nitrogens is 3. The van der Waals surface area contributed by atoms with Gasteiger partial charge in [-0.1, -0.05) is 84.1 Å². The lowest BCUT2D eigenvalue weighted by Crippen LogP contribution is -2.14. The Kier molecular flexibility index (Phi) is 7.05. The summed E-state index contributed by atoms with van der Waals surface area (Å²) in [5.74, 6) is 0. The van der Waals surface area contributed by atoms with Crippen LogP contribution in [0.5, 0.6) is 0 Å². The predicted octanol–water partition coefficient (Wildman–Crippen LogP) is 5.94. The van der Waals surface area contributed by atoms with Crippen molar-refractivity contribution in [3.05, 3.63) is 102 Å². The maximum Gasteiger partial charge on any atom is 0.357 e. The third kappa shape index (κ3) is 6.13. The molecule has 182 valence electrons. The van der Waals surface area contributed by atoms with Crippen molar-refractivity contribution in [2.24, 2.45) is 0 Å². The van der Waals surface area contributed by atoms with Gasteiger partial charge in [0, 0.05) is 16.5 Å². The zero-order valence-corrected chi connectivity index (χ0v) is 21.2. The maximum absolute atomic E-state index is 11.1. The summed E-state index contributed by atoms with van der Waals surface area (Å²) < 4.78 is 33.3. The molecule has 0 spiro atoms. The molecule has 3 N–H and O–H groups in total. The highest BCUT2D eigenvalue weighted by atomic mass is 32.2. The molecule has 2 heterocycles. The standard InChI is InChI=1S/C25H21N5O3S3/c31-36(32,33)30-20-13-11-17(12-14-20)15-21(22-16-34-23(26-22)18-7-3-1-4-8-18)27-25-29-28-24(35-25)19-9-5-2-6-10-19/h1-14,16,21,30H,15H2,(H,27,29)(H,31,32,33)/t21-/m0/s1. The van der Waals surface area contributed by atoms with E-state index in [1.54, 1.807) is 23.5 Å². The van der Waals surface area contributed by atoms with E-state index in [1.165, 1.54) is 11.3 Å². The molecule has 5 aromatic rings. The number of nitrogens with zero attached hydrogens (tertiary/aromatic N) is 3. The minimum atomic E-state index is -4.33. The first-order chi connectivity index (χ1) is 17.4. The fraction of sp³-hybridized carbons (Fsp3) is 0.0800. The van der Waals surface area contributed by atoms with Gasteiger partial charge in [-0.15, -0.1) is 21.5 Å². The van der Waals surface area contributed by atoms with E-state index in [2.05, 4.69) is 20.2 Å². The molecule has 0 bridgehead atoms. The Balaban J connectivity index is 1.41. The van der Waals surface area contributed by atoms with E-state index < -0.39 is 10.3 Å². The molecule has 0 saturated carbocycles. The van der Waals surface area contributed by atoms with Gasteiger partial charge in [0.25, 0.3) is 0 Å². The normalized spacial score (nSPS) is 12.2. The highest BCUT2D eigenvalue weighted by molar-refractivity contribution is 7.87. The van der Waals surface area contributed by atoms with E-state index in [1.807, 2.05) is 78.2 Å². The summed E-state index contributed by atoms with van der Waals surface area (Å²) in [6.45, 7) is 0. The molecule has 0 aliphatic rings. The maximum atomic E-state index is 11.1. The summed E-state index contributed by atoms with van der Waals surface area (Å²) in [6.07, 6.45) is 0.574. The lowest BCUT2D eigenvalue weighted by molar-refractivity contribution is 0.489. The smallest absolute Gasteiger partial charge is 0.351 e. The van der Waals surface area contributed by atoms with Crippen LogP contribution in [0.1, 0.15) is 17.3 Å². The van der Waals surface area contributed by atoms with Gasteiger partial charge in [-0.05, 0) is 24.1 Å². The van der Waals surface area contributed by atoms with Crippen molar-refractivity contribution < 1.29 is 13.0 Å². The van der Waals surface area contributed by atoms with E-state index >= 15 is 0 Å². The number of benzene rings is 3. The second-order valence-electron chi connectivity index (χ2n) is 7.90. The van der Waals surface area contributed by atoms with Crippen molar-refractivity contribution in [1.29, 1.82) is 0 Å². The van der Waals surface area contributed by atoms with Crippen LogP contribution >= 0.6 is 22.7 Å². The Morgan fingerprint density at radius 3 is 2.11 bits per heavy atom. The molecule has 0 aliphatic heterocycles. The number of hydrogen-bond donors (Lipinski definition) is 3. The Morgan fingerprint density at radius 1 is 0.833 bits per heavy atom. The molecular weight excluding hydrogens is 515 g/mol. The van der Waals surface area contributed by atoms with E-state index in [0.29, 0.717) is 11.6 Å². The van der Waals surface area contributed by atoms with Crippen LogP contribution in [-0.2, 0) is 16.7 Å².